The lowest BCUT2D eigenvalue weighted by Gasteiger charge is -2.10. The fraction of sp³-hybridized carbons (Fsp3) is 0.818. The predicted octanol–water partition coefficient (Wildman–Crippen LogP) is 2.33. The van der Waals surface area contributed by atoms with Crippen LogP contribution in [0.5, 0.6) is 0 Å². The third kappa shape index (κ3) is 5.00. The molecule has 0 aromatic rings. The molecule has 0 N–H and O–H groups in total. The molecule has 0 saturated carbocycles. The Balaban J connectivity index is 3.86. The van der Waals surface area contributed by atoms with Crippen molar-refractivity contribution in [1.29, 1.82) is 0 Å². The third-order valence-corrected chi connectivity index (χ3v) is 2.32. The summed E-state index contributed by atoms with van der Waals surface area (Å²) in [5.41, 5.74) is 0. The molecule has 0 rings (SSSR count). The zero-order valence-electron chi connectivity index (χ0n) is 9.34. The number of ketones is 1. The number of carbonyl (C=O) groups excluding carboxylic acids is 2. The topological polar surface area (TPSA) is 43.4 Å². The first-order valence-electron chi connectivity index (χ1n) is 5.21. The van der Waals surface area contributed by atoms with E-state index in [-0.39, 0.29) is 5.78 Å². The molecular formula is C11H20O3. The molecule has 3 nitrogen and oxygen atoms in total. The van der Waals surface area contributed by atoms with Crippen molar-refractivity contribution < 1.29 is 14.3 Å². The maximum atomic E-state index is 11.2. The normalized spacial score (nSPS) is 12.2. The summed E-state index contributed by atoms with van der Waals surface area (Å²) in [4.78, 5) is 22.3. The molecule has 1 atom stereocenters. The van der Waals surface area contributed by atoms with E-state index in [4.69, 9.17) is 0 Å². The van der Waals surface area contributed by atoms with Gasteiger partial charge in [0.1, 0.15) is 11.7 Å². The van der Waals surface area contributed by atoms with Crippen LogP contribution in [0.25, 0.3) is 0 Å². The monoisotopic (exact) mass is 200 g/mol. The lowest BCUT2D eigenvalue weighted by atomic mass is 9.97. The van der Waals surface area contributed by atoms with E-state index in [1.165, 1.54) is 14.0 Å². The van der Waals surface area contributed by atoms with Crippen molar-refractivity contribution in [3.63, 3.8) is 0 Å². The number of hydrogen-bond donors (Lipinski definition) is 0. The van der Waals surface area contributed by atoms with Crippen molar-refractivity contribution in [3.05, 3.63) is 0 Å². The number of unbranched alkanes of at least 4 members (excludes halogenated alkanes) is 3. The molecule has 3 heteroatoms. The van der Waals surface area contributed by atoms with Crippen LogP contribution >= 0.6 is 0 Å². The van der Waals surface area contributed by atoms with Crippen molar-refractivity contribution in [2.45, 2.75) is 46.0 Å². The molecule has 0 aliphatic heterocycles. The largest absolute Gasteiger partial charge is 0.468 e. The molecule has 0 saturated heterocycles. The van der Waals surface area contributed by atoms with Gasteiger partial charge in [-0.05, 0) is 13.3 Å². The first-order chi connectivity index (χ1) is 6.63. The van der Waals surface area contributed by atoms with Crippen LogP contribution in [-0.4, -0.2) is 18.9 Å². The molecule has 0 heterocycles. The van der Waals surface area contributed by atoms with E-state index >= 15 is 0 Å². The summed E-state index contributed by atoms with van der Waals surface area (Å²) in [6, 6.07) is 0. The fourth-order valence-corrected chi connectivity index (χ4v) is 1.40. The molecule has 0 radical (unpaired) electrons. The molecule has 0 aromatic carbocycles. The second-order valence-corrected chi connectivity index (χ2v) is 3.54. The average Bonchev–Trinajstić information content (AvgIpc) is 2.16. The Hall–Kier alpha value is -0.860. The van der Waals surface area contributed by atoms with E-state index < -0.39 is 11.9 Å². The van der Waals surface area contributed by atoms with Crippen LogP contribution in [0.4, 0.5) is 0 Å². The van der Waals surface area contributed by atoms with Gasteiger partial charge in [-0.1, -0.05) is 32.6 Å². The van der Waals surface area contributed by atoms with Crippen LogP contribution < -0.4 is 0 Å². The number of rotatable bonds is 7. The first kappa shape index (κ1) is 13.1. The Morgan fingerprint density at radius 3 is 2.29 bits per heavy atom. The lowest BCUT2D eigenvalue weighted by molar-refractivity contribution is -0.149. The van der Waals surface area contributed by atoms with Gasteiger partial charge in [0.15, 0.2) is 0 Å². The van der Waals surface area contributed by atoms with Crippen molar-refractivity contribution >= 4 is 11.8 Å². The zero-order chi connectivity index (χ0) is 11.0. The number of esters is 1. The molecule has 0 aromatic heterocycles. The second kappa shape index (κ2) is 7.54. The van der Waals surface area contributed by atoms with E-state index in [2.05, 4.69) is 11.7 Å². The van der Waals surface area contributed by atoms with Crippen LogP contribution in [0, 0.1) is 5.92 Å². The van der Waals surface area contributed by atoms with Crippen molar-refractivity contribution in [2.24, 2.45) is 5.92 Å². The van der Waals surface area contributed by atoms with Crippen LogP contribution in [0.3, 0.4) is 0 Å². The Morgan fingerprint density at radius 2 is 1.86 bits per heavy atom. The van der Waals surface area contributed by atoms with Gasteiger partial charge in [-0.2, -0.15) is 0 Å². The number of hydrogen-bond acceptors (Lipinski definition) is 3. The van der Waals surface area contributed by atoms with E-state index in [1.54, 1.807) is 0 Å². The highest BCUT2D eigenvalue weighted by Crippen LogP contribution is 2.13. The fourth-order valence-electron chi connectivity index (χ4n) is 1.40. The summed E-state index contributed by atoms with van der Waals surface area (Å²) < 4.78 is 4.57. The van der Waals surface area contributed by atoms with Gasteiger partial charge in [-0.25, -0.2) is 0 Å². The zero-order valence-corrected chi connectivity index (χ0v) is 9.34. The highest BCUT2D eigenvalue weighted by molar-refractivity contribution is 5.97. The van der Waals surface area contributed by atoms with Crippen LogP contribution in [0.15, 0.2) is 0 Å². The van der Waals surface area contributed by atoms with Crippen LogP contribution in [0.2, 0.25) is 0 Å². The molecule has 0 fully saturated rings. The van der Waals surface area contributed by atoms with E-state index in [9.17, 15) is 9.59 Å². The molecule has 0 aliphatic carbocycles. The number of methoxy groups -OCH3 is 1. The molecular weight excluding hydrogens is 180 g/mol. The van der Waals surface area contributed by atoms with Crippen molar-refractivity contribution in [2.75, 3.05) is 7.11 Å². The smallest absolute Gasteiger partial charge is 0.316 e. The van der Waals surface area contributed by atoms with E-state index in [1.807, 2.05) is 0 Å². The summed E-state index contributed by atoms with van der Waals surface area (Å²) in [7, 11) is 1.32. The first-order valence-corrected chi connectivity index (χ1v) is 5.21. The summed E-state index contributed by atoms with van der Waals surface area (Å²) >= 11 is 0. The number of ether oxygens (including phenoxy) is 1. The van der Waals surface area contributed by atoms with E-state index in [0.29, 0.717) is 6.42 Å². The maximum Gasteiger partial charge on any atom is 0.316 e. The minimum absolute atomic E-state index is 0.0895. The average molecular weight is 200 g/mol. The van der Waals surface area contributed by atoms with Gasteiger partial charge in [-0.15, -0.1) is 0 Å². The van der Waals surface area contributed by atoms with Crippen molar-refractivity contribution in [3.8, 4) is 0 Å². The lowest BCUT2D eigenvalue weighted by Crippen LogP contribution is -2.23. The molecule has 0 spiro atoms. The third-order valence-electron chi connectivity index (χ3n) is 2.32. The SMILES string of the molecule is CCCCCC[C@H](C(C)=O)C(=O)OC. The molecule has 0 amide bonds. The molecule has 0 aliphatic rings. The predicted molar refractivity (Wildman–Crippen MR) is 54.9 cm³/mol. The summed E-state index contributed by atoms with van der Waals surface area (Å²) in [6.07, 6.45) is 4.95. The van der Waals surface area contributed by atoms with Gasteiger partial charge in [0.05, 0.1) is 7.11 Å². The summed E-state index contributed by atoms with van der Waals surface area (Å²) in [6.45, 7) is 3.57. The minimum Gasteiger partial charge on any atom is -0.468 e. The summed E-state index contributed by atoms with van der Waals surface area (Å²) in [5, 5.41) is 0. The quantitative estimate of drug-likeness (QED) is 0.360. The molecule has 82 valence electrons. The van der Waals surface area contributed by atoms with Crippen molar-refractivity contribution in [1.82, 2.24) is 0 Å². The van der Waals surface area contributed by atoms with Gasteiger partial charge >= 0.3 is 5.97 Å². The highest BCUT2D eigenvalue weighted by Gasteiger charge is 2.22. The van der Waals surface area contributed by atoms with E-state index in [0.717, 1.165) is 25.7 Å². The Labute approximate surface area is 85.8 Å². The number of Topliss-reactive ketones (excluding diaryl/α,β-unsaturated/α-hetero) is 1. The number of carbonyl (C=O) groups is 2. The summed E-state index contributed by atoms with van der Waals surface area (Å²) in [5.74, 6) is -1.03. The molecule has 14 heavy (non-hydrogen) atoms. The van der Waals surface area contributed by atoms with Gasteiger partial charge in [-0.3, -0.25) is 9.59 Å². The van der Waals surface area contributed by atoms with Gasteiger partial charge < -0.3 is 4.74 Å². The minimum atomic E-state index is -0.545. The van der Waals surface area contributed by atoms with Crippen LogP contribution in [-0.2, 0) is 14.3 Å². The Morgan fingerprint density at radius 1 is 1.21 bits per heavy atom. The Bertz CT molecular complexity index is 187. The standard InChI is InChI=1S/C11H20O3/c1-4-5-6-7-8-10(9(2)12)11(13)14-3/h10H,4-8H2,1-3H3/t10-/m1/s1. The molecule has 0 bridgehead atoms. The van der Waals surface area contributed by atoms with Gasteiger partial charge in [0.25, 0.3) is 0 Å². The van der Waals surface area contributed by atoms with Gasteiger partial charge in [0, 0.05) is 0 Å². The van der Waals surface area contributed by atoms with Crippen LogP contribution in [0.1, 0.15) is 46.0 Å². The Kier molecular flexibility index (Phi) is 7.07. The molecule has 0 unspecified atom stereocenters. The van der Waals surface area contributed by atoms with Gasteiger partial charge in [0.2, 0.25) is 0 Å². The maximum absolute atomic E-state index is 11.2. The highest BCUT2D eigenvalue weighted by atomic mass is 16.5. The second-order valence-electron chi connectivity index (χ2n) is 3.54.